The number of aryl methyl sites for hydroxylation is 1. The van der Waals surface area contributed by atoms with E-state index in [2.05, 4.69) is 11.8 Å². The average molecular weight is 373 g/mol. The Morgan fingerprint density at radius 3 is 2.70 bits per heavy atom. The molecule has 4 rings (SSSR count). The molecule has 27 heavy (non-hydrogen) atoms. The van der Waals surface area contributed by atoms with Crippen molar-refractivity contribution in [3.63, 3.8) is 0 Å². The number of benzene rings is 1. The molecule has 0 bridgehead atoms. The van der Waals surface area contributed by atoms with Gasteiger partial charge in [0.25, 0.3) is 0 Å². The maximum absolute atomic E-state index is 12.6. The lowest BCUT2D eigenvalue weighted by atomic mass is 9.53. The maximum Gasteiger partial charge on any atom is 0.161 e. The van der Waals surface area contributed by atoms with Crippen LogP contribution in [0.1, 0.15) is 56.6 Å². The van der Waals surface area contributed by atoms with E-state index in [1.807, 2.05) is 13.0 Å². The molecule has 2 aliphatic carbocycles. The molecule has 1 heterocycles. The number of piperidine rings is 1. The lowest BCUT2D eigenvalue weighted by Crippen LogP contribution is -2.70. The van der Waals surface area contributed by atoms with Gasteiger partial charge in [0.05, 0.1) is 12.7 Å². The highest BCUT2D eigenvalue weighted by atomic mass is 16.5. The molecule has 3 fully saturated rings. The van der Waals surface area contributed by atoms with Crippen LogP contribution in [0.5, 0.6) is 11.5 Å². The van der Waals surface area contributed by atoms with Gasteiger partial charge in [-0.05, 0) is 63.6 Å². The first-order valence-electron chi connectivity index (χ1n) is 10.2. The molecule has 0 spiro atoms. The van der Waals surface area contributed by atoms with Crippen molar-refractivity contribution < 1.29 is 19.7 Å². The van der Waals surface area contributed by atoms with Crippen LogP contribution in [0.25, 0.3) is 0 Å². The van der Waals surface area contributed by atoms with Crippen molar-refractivity contribution in [2.45, 2.75) is 69.4 Å². The van der Waals surface area contributed by atoms with Gasteiger partial charge in [0.2, 0.25) is 0 Å². The summed E-state index contributed by atoms with van der Waals surface area (Å²) in [6.07, 6.45) is 4.37. The average Bonchev–Trinajstić information content (AvgIpc) is 3.44. The van der Waals surface area contributed by atoms with Gasteiger partial charge in [0, 0.05) is 36.4 Å². The second kappa shape index (κ2) is 6.49. The van der Waals surface area contributed by atoms with Crippen LogP contribution >= 0.6 is 0 Å². The van der Waals surface area contributed by atoms with Crippen LogP contribution in [0.3, 0.4) is 0 Å². The van der Waals surface area contributed by atoms with Gasteiger partial charge < -0.3 is 14.9 Å². The molecule has 1 aliphatic heterocycles. The van der Waals surface area contributed by atoms with Crippen LogP contribution in [-0.2, 0) is 10.2 Å². The van der Waals surface area contributed by atoms with Crippen molar-refractivity contribution in [3.05, 3.63) is 23.3 Å². The van der Waals surface area contributed by atoms with Gasteiger partial charge in [-0.1, -0.05) is 6.07 Å². The van der Waals surface area contributed by atoms with E-state index >= 15 is 0 Å². The van der Waals surface area contributed by atoms with E-state index in [1.165, 1.54) is 20.0 Å². The fourth-order valence-corrected chi connectivity index (χ4v) is 5.64. The van der Waals surface area contributed by atoms with Gasteiger partial charge in [-0.2, -0.15) is 0 Å². The number of ketones is 1. The number of aromatic hydroxyl groups is 1. The smallest absolute Gasteiger partial charge is 0.161 e. The Labute approximate surface area is 161 Å². The third-order valence-corrected chi connectivity index (χ3v) is 7.41. The Morgan fingerprint density at radius 2 is 2.04 bits per heavy atom. The number of nitrogens with zero attached hydrogens (tertiary/aromatic N) is 1. The molecule has 1 saturated heterocycles. The first kappa shape index (κ1) is 18.8. The molecule has 2 N–H and O–H groups in total. The Morgan fingerprint density at radius 1 is 1.30 bits per heavy atom. The number of likely N-dealkylation sites (tertiary alicyclic amines) is 1. The van der Waals surface area contributed by atoms with Crippen LogP contribution in [0, 0.1) is 12.8 Å². The topological polar surface area (TPSA) is 70.0 Å². The minimum atomic E-state index is -1.04. The highest BCUT2D eigenvalue weighted by Gasteiger charge is 2.62. The molecule has 3 atom stereocenters. The van der Waals surface area contributed by atoms with Crippen LogP contribution in [0.4, 0.5) is 0 Å². The van der Waals surface area contributed by atoms with Gasteiger partial charge in [-0.15, -0.1) is 0 Å². The fraction of sp³-hybridized carbons (Fsp3) is 0.682. The summed E-state index contributed by atoms with van der Waals surface area (Å²) in [5, 5.41) is 23.1. The number of ether oxygens (including phenoxy) is 1. The molecule has 3 aliphatic rings. The number of hydrogen-bond donors (Lipinski definition) is 2. The molecule has 5 nitrogen and oxygen atoms in total. The Kier molecular flexibility index (Phi) is 4.51. The summed E-state index contributed by atoms with van der Waals surface area (Å²) < 4.78 is 5.35. The molecular formula is C22H31NO4. The second-order valence-corrected chi connectivity index (χ2v) is 8.89. The van der Waals surface area contributed by atoms with Crippen molar-refractivity contribution in [1.29, 1.82) is 0 Å². The fourth-order valence-electron chi connectivity index (χ4n) is 5.64. The number of carbonyl (C=O) groups is 1. The lowest BCUT2D eigenvalue weighted by molar-refractivity contribution is -0.165. The first-order valence-corrected chi connectivity index (χ1v) is 10.2. The van der Waals surface area contributed by atoms with E-state index in [0.29, 0.717) is 30.6 Å². The lowest BCUT2D eigenvalue weighted by Gasteiger charge is -2.60. The number of Topliss-reactive ketones (excluding diaryl/α,β-unsaturated/α-hetero) is 1. The van der Waals surface area contributed by atoms with Crippen LogP contribution in [0.15, 0.2) is 12.1 Å². The van der Waals surface area contributed by atoms with Gasteiger partial charge in [-0.3, -0.25) is 9.69 Å². The van der Waals surface area contributed by atoms with E-state index in [0.717, 1.165) is 24.6 Å². The van der Waals surface area contributed by atoms with Gasteiger partial charge in [-0.25, -0.2) is 0 Å². The van der Waals surface area contributed by atoms with E-state index in [9.17, 15) is 15.0 Å². The third kappa shape index (κ3) is 2.78. The molecule has 5 heteroatoms. The molecule has 0 amide bonds. The third-order valence-electron chi connectivity index (χ3n) is 7.41. The summed E-state index contributed by atoms with van der Waals surface area (Å²) in [6, 6.07) is 3.62. The zero-order valence-electron chi connectivity index (χ0n) is 16.6. The van der Waals surface area contributed by atoms with Crippen LogP contribution in [0.2, 0.25) is 0 Å². The highest BCUT2D eigenvalue weighted by molar-refractivity contribution is 5.82. The number of methoxy groups -OCH3 is 1. The minimum Gasteiger partial charge on any atom is -0.504 e. The highest BCUT2D eigenvalue weighted by Crippen LogP contribution is 2.57. The number of carbonyl (C=O) groups excluding carboxylic acids is 1. The summed E-state index contributed by atoms with van der Waals surface area (Å²) >= 11 is 0. The molecule has 1 aromatic rings. The largest absolute Gasteiger partial charge is 0.504 e. The number of rotatable bonds is 4. The van der Waals surface area contributed by atoms with Crippen molar-refractivity contribution in [3.8, 4) is 11.5 Å². The predicted octanol–water partition coefficient (Wildman–Crippen LogP) is 2.94. The zero-order chi connectivity index (χ0) is 19.4. The molecule has 1 aromatic carbocycles. The number of hydrogen-bond acceptors (Lipinski definition) is 5. The van der Waals surface area contributed by atoms with E-state index in [-0.39, 0.29) is 24.0 Å². The van der Waals surface area contributed by atoms with Crippen molar-refractivity contribution in [2.75, 3.05) is 20.2 Å². The molecule has 0 unspecified atom stereocenters. The van der Waals surface area contributed by atoms with E-state index in [1.54, 1.807) is 6.07 Å². The monoisotopic (exact) mass is 373 g/mol. The summed E-state index contributed by atoms with van der Waals surface area (Å²) in [5.41, 5.74) is -0.188. The Balaban J connectivity index is 1.83. The Bertz CT molecular complexity index is 759. The van der Waals surface area contributed by atoms with E-state index in [4.69, 9.17) is 4.74 Å². The second-order valence-electron chi connectivity index (χ2n) is 8.89. The van der Waals surface area contributed by atoms with Gasteiger partial charge in [0.1, 0.15) is 5.78 Å². The minimum absolute atomic E-state index is 0.0510. The molecule has 148 valence electrons. The normalized spacial score (nSPS) is 34.4. The van der Waals surface area contributed by atoms with Crippen LogP contribution in [-0.4, -0.2) is 52.7 Å². The van der Waals surface area contributed by atoms with Crippen molar-refractivity contribution in [2.24, 2.45) is 5.92 Å². The number of aliphatic hydroxyl groups is 1. The number of phenolic OH excluding ortho intramolecular Hbond substituents is 1. The molecule has 0 radical (unpaired) electrons. The summed E-state index contributed by atoms with van der Waals surface area (Å²) in [7, 11) is 1.53. The standard InChI is InChI=1S/C22H31NO4/c1-14-4-7-18(27-3)20(25)19(14)21-10-11-23(13-16-5-6-16)15(2)22(21,26)9-8-17(24)12-21/h4,7,15-16,25-26H,5-6,8-13H2,1-3H3/t15-,21-,22-/m1/s1. The van der Waals surface area contributed by atoms with Gasteiger partial charge in [0.15, 0.2) is 11.5 Å². The number of fused-ring (bicyclic) bond motifs is 1. The first-order chi connectivity index (χ1) is 12.8. The molecule has 2 saturated carbocycles. The molecule has 0 aromatic heterocycles. The predicted molar refractivity (Wildman–Crippen MR) is 103 cm³/mol. The van der Waals surface area contributed by atoms with Crippen molar-refractivity contribution in [1.82, 2.24) is 4.90 Å². The Hall–Kier alpha value is -1.59. The van der Waals surface area contributed by atoms with E-state index < -0.39 is 11.0 Å². The SMILES string of the molecule is COc1ccc(C)c([C@]23CCN(CC4CC4)[C@H](C)[C@]2(O)CCC(=O)C3)c1O. The summed E-state index contributed by atoms with van der Waals surface area (Å²) in [5.74, 6) is 1.40. The van der Waals surface area contributed by atoms with Crippen LogP contribution < -0.4 is 4.74 Å². The summed E-state index contributed by atoms with van der Waals surface area (Å²) in [4.78, 5) is 15.0. The molecular weight excluding hydrogens is 342 g/mol. The zero-order valence-corrected chi connectivity index (χ0v) is 16.6. The number of phenols is 1. The van der Waals surface area contributed by atoms with Crippen molar-refractivity contribution >= 4 is 5.78 Å². The maximum atomic E-state index is 12.6. The summed E-state index contributed by atoms with van der Waals surface area (Å²) in [6.45, 7) is 5.91. The van der Waals surface area contributed by atoms with Gasteiger partial charge >= 0.3 is 0 Å². The quantitative estimate of drug-likeness (QED) is 0.849.